The first-order chi connectivity index (χ1) is 10.0. The summed E-state index contributed by atoms with van der Waals surface area (Å²) in [7, 11) is -0.877. The molecule has 2 aromatic heterocycles. The molecule has 9 heteroatoms. The molecule has 0 N–H and O–H groups in total. The van der Waals surface area contributed by atoms with Crippen molar-refractivity contribution in [1.29, 1.82) is 0 Å². The van der Waals surface area contributed by atoms with Gasteiger partial charge in [0, 0.05) is 6.20 Å². The molecule has 5 nitrogen and oxygen atoms in total. The van der Waals surface area contributed by atoms with Crippen molar-refractivity contribution in [2.24, 2.45) is 0 Å². The molecule has 0 bridgehead atoms. The van der Waals surface area contributed by atoms with E-state index in [-0.39, 0.29) is 11.1 Å². The SMILES string of the molecule is CC1(C)OB(c2cc(C(F)(F)F)c3nncn3c2)OC1(C)C. The maximum Gasteiger partial charge on any atom is 0.496 e. The van der Waals surface area contributed by atoms with E-state index < -0.39 is 30.1 Å². The number of pyridine rings is 1. The maximum absolute atomic E-state index is 13.2. The molecule has 0 radical (unpaired) electrons. The van der Waals surface area contributed by atoms with E-state index in [1.165, 1.54) is 16.9 Å². The van der Waals surface area contributed by atoms with Crippen molar-refractivity contribution >= 4 is 18.2 Å². The molecule has 0 aromatic carbocycles. The molecule has 0 saturated carbocycles. The Balaban J connectivity index is 2.10. The van der Waals surface area contributed by atoms with E-state index in [0.717, 1.165) is 6.07 Å². The molecule has 3 rings (SSSR count). The summed E-state index contributed by atoms with van der Waals surface area (Å²) in [5, 5.41) is 7.05. The molecule has 1 fully saturated rings. The third kappa shape index (κ3) is 2.28. The van der Waals surface area contributed by atoms with Gasteiger partial charge in [0.15, 0.2) is 5.65 Å². The fourth-order valence-corrected chi connectivity index (χ4v) is 2.28. The molecule has 0 unspecified atom stereocenters. The largest absolute Gasteiger partial charge is 0.496 e. The summed E-state index contributed by atoms with van der Waals surface area (Å²) in [5.41, 5.74) is -2.08. The van der Waals surface area contributed by atoms with Crippen LogP contribution in [0.4, 0.5) is 13.2 Å². The highest BCUT2D eigenvalue weighted by Gasteiger charge is 2.52. The Morgan fingerprint density at radius 3 is 2.27 bits per heavy atom. The van der Waals surface area contributed by atoms with Crippen LogP contribution in [0.2, 0.25) is 0 Å². The van der Waals surface area contributed by atoms with E-state index in [2.05, 4.69) is 10.2 Å². The van der Waals surface area contributed by atoms with Gasteiger partial charge >= 0.3 is 13.3 Å². The third-order valence-corrected chi connectivity index (χ3v) is 4.24. The number of halogens is 3. The normalized spacial score (nSPS) is 20.8. The van der Waals surface area contributed by atoms with Crippen LogP contribution in [0, 0.1) is 0 Å². The van der Waals surface area contributed by atoms with Gasteiger partial charge in [-0.25, -0.2) is 0 Å². The van der Waals surface area contributed by atoms with Gasteiger partial charge in [-0.3, -0.25) is 4.40 Å². The Morgan fingerprint density at radius 2 is 1.73 bits per heavy atom. The number of rotatable bonds is 1. The molecule has 0 spiro atoms. The van der Waals surface area contributed by atoms with Gasteiger partial charge in [-0.05, 0) is 39.2 Å². The summed E-state index contributed by atoms with van der Waals surface area (Å²) in [6.45, 7) is 7.37. The first-order valence-corrected chi connectivity index (χ1v) is 6.77. The monoisotopic (exact) mass is 313 g/mol. The molecule has 2 aromatic rings. The first-order valence-electron chi connectivity index (χ1n) is 6.77. The second-order valence-corrected chi connectivity index (χ2v) is 6.33. The average Bonchev–Trinajstić information content (AvgIpc) is 2.89. The van der Waals surface area contributed by atoms with E-state index in [1.54, 1.807) is 0 Å². The van der Waals surface area contributed by atoms with Gasteiger partial charge in [0.05, 0.1) is 11.2 Å². The van der Waals surface area contributed by atoms with Crippen LogP contribution in [-0.4, -0.2) is 32.9 Å². The van der Waals surface area contributed by atoms with Gasteiger partial charge in [0.1, 0.15) is 11.9 Å². The van der Waals surface area contributed by atoms with Gasteiger partial charge in [-0.15, -0.1) is 10.2 Å². The molecule has 118 valence electrons. The number of alkyl halides is 3. The number of aromatic nitrogens is 3. The standard InChI is InChI=1S/C13H15BF3N3O2/c1-11(2)12(3,4)22-14(21-11)8-5-9(13(15,16)17)10-19-18-7-20(10)6-8/h5-7H,1-4H3. The molecule has 3 heterocycles. The highest BCUT2D eigenvalue weighted by atomic mass is 19.4. The lowest BCUT2D eigenvalue weighted by molar-refractivity contribution is -0.136. The summed E-state index contributed by atoms with van der Waals surface area (Å²) in [4.78, 5) is 0. The predicted molar refractivity (Wildman–Crippen MR) is 73.7 cm³/mol. The smallest absolute Gasteiger partial charge is 0.399 e. The lowest BCUT2D eigenvalue weighted by Crippen LogP contribution is -2.41. The molecule has 1 saturated heterocycles. The molecular weight excluding hydrogens is 298 g/mol. The Hall–Kier alpha value is -1.61. The topological polar surface area (TPSA) is 48.7 Å². The molecule has 0 amide bonds. The van der Waals surface area contributed by atoms with Crippen molar-refractivity contribution in [2.75, 3.05) is 0 Å². The van der Waals surface area contributed by atoms with Crippen LogP contribution in [0.15, 0.2) is 18.6 Å². The van der Waals surface area contributed by atoms with Gasteiger partial charge in [-0.1, -0.05) is 0 Å². The third-order valence-electron chi connectivity index (χ3n) is 4.24. The fraction of sp³-hybridized carbons (Fsp3) is 0.538. The minimum atomic E-state index is -4.53. The van der Waals surface area contributed by atoms with Crippen LogP contribution in [0.3, 0.4) is 0 Å². The second kappa shape index (κ2) is 4.45. The Bertz CT molecular complexity index is 711. The second-order valence-electron chi connectivity index (χ2n) is 6.33. The summed E-state index contributed by atoms with van der Waals surface area (Å²) in [5.74, 6) is 0. The summed E-state index contributed by atoms with van der Waals surface area (Å²) in [6, 6.07) is 1.01. The first kappa shape index (κ1) is 15.3. The lowest BCUT2D eigenvalue weighted by atomic mass is 9.79. The van der Waals surface area contributed by atoms with Crippen LogP contribution in [0.5, 0.6) is 0 Å². The van der Waals surface area contributed by atoms with Gasteiger partial charge < -0.3 is 9.31 Å². The van der Waals surface area contributed by atoms with E-state index >= 15 is 0 Å². The zero-order chi connectivity index (χ0) is 16.3. The van der Waals surface area contributed by atoms with Crippen LogP contribution in [0.1, 0.15) is 33.3 Å². The summed E-state index contributed by atoms with van der Waals surface area (Å²) >= 11 is 0. The van der Waals surface area contributed by atoms with Crippen molar-refractivity contribution in [1.82, 2.24) is 14.6 Å². The number of hydrogen-bond donors (Lipinski definition) is 0. The van der Waals surface area contributed by atoms with Crippen LogP contribution >= 0.6 is 0 Å². The van der Waals surface area contributed by atoms with Gasteiger partial charge in [-0.2, -0.15) is 13.2 Å². The van der Waals surface area contributed by atoms with E-state index in [0.29, 0.717) is 0 Å². The van der Waals surface area contributed by atoms with Crippen LogP contribution in [0.25, 0.3) is 5.65 Å². The van der Waals surface area contributed by atoms with Crippen molar-refractivity contribution in [3.8, 4) is 0 Å². The number of hydrogen-bond acceptors (Lipinski definition) is 4. The van der Waals surface area contributed by atoms with Crippen molar-refractivity contribution in [3.05, 3.63) is 24.2 Å². The highest BCUT2D eigenvalue weighted by molar-refractivity contribution is 6.62. The van der Waals surface area contributed by atoms with Gasteiger partial charge in [0.25, 0.3) is 0 Å². The minimum Gasteiger partial charge on any atom is -0.399 e. The summed E-state index contributed by atoms with van der Waals surface area (Å²) < 4.78 is 52.4. The van der Waals surface area contributed by atoms with Crippen LogP contribution in [-0.2, 0) is 15.5 Å². The van der Waals surface area contributed by atoms with E-state index in [9.17, 15) is 13.2 Å². The molecule has 22 heavy (non-hydrogen) atoms. The summed E-state index contributed by atoms with van der Waals surface area (Å²) in [6.07, 6.45) is -1.82. The molecule has 1 aliphatic rings. The highest BCUT2D eigenvalue weighted by Crippen LogP contribution is 2.37. The predicted octanol–water partition coefficient (Wildman–Crippen LogP) is 2.05. The van der Waals surface area contributed by atoms with Crippen LogP contribution < -0.4 is 5.46 Å². The Labute approximate surface area is 125 Å². The van der Waals surface area contributed by atoms with E-state index in [4.69, 9.17) is 9.31 Å². The molecule has 1 aliphatic heterocycles. The molecular formula is C13H15BF3N3O2. The molecule has 0 aliphatic carbocycles. The zero-order valence-electron chi connectivity index (χ0n) is 12.6. The average molecular weight is 313 g/mol. The van der Waals surface area contributed by atoms with E-state index in [1.807, 2.05) is 27.7 Å². The van der Waals surface area contributed by atoms with Crippen molar-refractivity contribution in [2.45, 2.75) is 45.1 Å². The Kier molecular flexibility index (Phi) is 3.10. The van der Waals surface area contributed by atoms with Crippen molar-refractivity contribution in [3.63, 3.8) is 0 Å². The lowest BCUT2D eigenvalue weighted by Gasteiger charge is -2.32. The molecule has 0 atom stereocenters. The Morgan fingerprint density at radius 1 is 1.14 bits per heavy atom. The zero-order valence-corrected chi connectivity index (χ0v) is 12.6. The minimum absolute atomic E-state index is 0.243. The maximum atomic E-state index is 13.2. The fourth-order valence-electron chi connectivity index (χ4n) is 2.28. The number of fused-ring (bicyclic) bond motifs is 1. The van der Waals surface area contributed by atoms with Crippen molar-refractivity contribution < 1.29 is 22.5 Å². The quantitative estimate of drug-likeness (QED) is 0.756. The van der Waals surface area contributed by atoms with Gasteiger partial charge in [0.2, 0.25) is 0 Å². The number of nitrogens with zero attached hydrogens (tertiary/aromatic N) is 3.